The van der Waals surface area contributed by atoms with Gasteiger partial charge in [0.15, 0.2) is 0 Å². The smallest absolute Gasteiger partial charge is 0.257 e. The molecule has 4 bridgehead atoms. The molecule has 4 fully saturated rings. The first-order valence-corrected chi connectivity index (χ1v) is 9.88. The first kappa shape index (κ1) is 14.0. The zero-order valence-corrected chi connectivity index (χ0v) is 13.2. The Bertz CT molecular complexity index is 533. The number of rotatable bonds is 4. The molecule has 0 spiro atoms. The van der Waals surface area contributed by atoms with E-state index in [1.165, 1.54) is 19.3 Å². The van der Waals surface area contributed by atoms with Gasteiger partial charge in [-0.15, -0.1) is 0 Å². The van der Waals surface area contributed by atoms with E-state index in [1.54, 1.807) is 0 Å². The summed E-state index contributed by atoms with van der Waals surface area (Å²) >= 11 is 0. The highest BCUT2D eigenvalue weighted by atomic mass is 31.2. The monoisotopic (exact) mass is 306 g/mol. The number of hydrogen-bond donors (Lipinski definition) is 1. The van der Waals surface area contributed by atoms with Crippen molar-refractivity contribution in [2.75, 3.05) is 6.35 Å². The first-order valence-electron chi connectivity index (χ1n) is 8.07. The maximum absolute atomic E-state index is 13.2. The highest BCUT2D eigenvalue weighted by Crippen LogP contribution is 2.62. The maximum atomic E-state index is 13.2. The number of benzene rings is 1. The van der Waals surface area contributed by atoms with E-state index in [0.29, 0.717) is 5.30 Å². The van der Waals surface area contributed by atoms with Crippen molar-refractivity contribution in [1.82, 2.24) is 0 Å². The van der Waals surface area contributed by atoms with Crippen LogP contribution in [0.2, 0.25) is 0 Å². The number of aliphatic hydroxyl groups is 1. The fraction of sp³-hybridized carbons (Fsp3) is 0.647. The molecule has 0 heterocycles. The van der Waals surface area contributed by atoms with Gasteiger partial charge in [-0.25, -0.2) is 0 Å². The van der Waals surface area contributed by atoms with Crippen molar-refractivity contribution in [3.8, 4) is 0 Å². The largest absolute Gasteiger partial charge is 0.386 e. The topological polar surface area (TPSA) is 46.5 Å². The van der Waals surface area contributed by atoms with Gasteiger partial charge in [-0.05, 0) is 68.4 Å². The van der Waals surface area contributed by atoms with Crippen molar-refractivity contribution in [3.63, 3.8) is 0 Å². The van der Waals surface area contributed by atoms with Gasteiger partial charge in [0.1, 0.15) is 6.35 Å². The lowest BCUT2D eigenvalue weighted by Crippen LogP contribution is -2.51. The van der Waals surface area contributed by atoms with E-state index in [4.69, 9.17) is 4.52 Å². The molecule has 0 aromatic heterocycles. The second-order valence-electron chi connectivity index (χ2n) is 7.34. The second-order valence-corrected chi connectivity index (χ2v) is 9.67. The molecule has 5 rings (SSSR count). The molecule has 1 aromatic rings. The summed E-state index contributed by atoms with van der Waals surface area (Å²) in [5.41, 5.74) is -0.233. The molecule has 0 radical (unpaired) electrons. The van der Waals surface area contributed by atoms with Crippen LogP contribution in [0.5, 0.6) is 0 Å². The molecule has 4 saturated carbocycles. The molecule has 114 valence electrons. The minimum atomic E-state index is -3.15. The third-order valence-corrected chi connectivity index (χ3v) is 7.80. The summed E-state index contributed by atoms with van der Waals surface area (Å²) in [4.78, 5) is 0. The summed E-state index contributed by atoms with van der Waals surface area (Å²) in [5.74, 6) is 2.25. The lowest BCUT2D eigenvalue weighted by atomic mass is 9.54. The van der Waals surface area contributed by atoms with Crippen LogP contribution in [0.1, 0.15) is 38.5 Å². The molecule has 4 heteroatoms. The molecule has 0 amide bonds. The van der Waals surface area contributed by atoms with E-state index < -0.39 is 13.7 Å². The fourth-order valence-corrected chi connectivity index (χ4v) is 7.08. The molecule has 0 aliphatic heterocycles. The van der Waals surface area contributed by atoms with Crippen LogP contribution in [0.25, 0.3) is 0 Å². The average Bonchev–Trinajstić information content (AvgIpc) is 2.46. The molecule has 0 unspecified atom stereocenters. The van der Waals surface area contributed by atoms with Crippen molar-refractivity contribution in [1.29, 1.82) is 0 Å². The Morgan fingerprint density at radius 2 is 1.57 bits per heavy atom. The highest BCUT2D eigenvalue weighted by Gasteiger charge is 2.54. The second kappa shape index (κ2) is 4.94. The molecule has 1 aromatic carbocycles. The van der Waals surface area contributed by atoms with Crippen LogP contribution in [-0.2, 0) is 9.09 Å². The molecule has 0 saturated heterocycles. The third-order valence-electron chi connectivity index (χ3n) is 5.66. The summed E-state index contributed by atoms with van der Waals surface area (Å²) in [6, 6.07) is 9.26. The third kappa shape index (κ3) is 2.40. The van der Waals surface area contributed by atoms with Crippen LogP contribution in [-0.4, -0.2) is 17.1 Å². The van der Waals surface area contributed by atoms with Gasteiger partial charge in [-0.3, -0.25) is 4.57 Å². The molecule has 1 N–H and O–H groups in total. The van der Waals surface area contributed by atoms with E-state index in [2.05, 4.69) is 0 Å². The fourth-order valence-electron chi connectivity index (χ4n) is 5.27. The average molecular weight is 306 g/mol. The van der Waals surface area contributed by atoms with Crippen molar-refractivity contribution >= 4 is 12.7 Å². The van der Waals surface area contributed by atoms with E-state index >= 15 is 0 Å². The Morgan fingerprint density at radius 3 is 2.05 bits per heavy atom. The van der Waals surface area contributed by atoms with Crippen LogP contribution in [0.15, 0.2) is 30.3 Å². The van der Waals surface area contributed by atoms with Crippen LogP contribution in [0.4, 0.5) is 0 Å². The van der Waals surface area contributed by atoms with Crippen LogP contribution in [0, 0.1) is 17.8 Å². The lowest BCUT2D eigenvalue weighted by molar-refractivity contribution is -0.106. The Morgan fingerprint density at radius 1 is 1.05 bits per heavy atom. The van der Waals surface area contributed by atoms with E-state index in [1.807, 2.05) is 30.3 Å². The summed E-state index contributed by atoms with van der Waals surface area (Å²) in [6.45, 7) is 0. The highest BCUT2D eigenvalue weighted by molar-refractivity contribution is 7.66. The Kier molecular flexibility index (Phi) is 3.29. The summed E-state index contributed by atoms with van der Waals surface area (Å²) in [7, 11) is -3.15. The minimum Gasteiger partial charge on any atom is -0.386 e. The zero-order chi connectivity index (χ0) is 14.5. The van der Waals surface area contributed by atoms with Crippen molar-refractivity contribution in [2.24, 2.45) is 17.8 Å². The quantitative estimate of drug-likeness (QED) is 0.866. The summed E-state index contributed by atoms with van der Waals surface area (Å²) in [5, 5.41) is 10.4. The van der Waals surface area contributed by atoms with Gasteiger partial charge in [0.25, 0.3) is 7.37 Å². The normalized spacial score (nSPS) is 40.1. The van der Waals surface area contributed by atoms with E-state index in [0.717, 1.165) is 37.0 Å². The zero-order valence-electron chi connectivity index (χ0n) is 12.3. The summed E-state index contributed by atoms with van der Waals surface area (Å²) in [6.07, 6.45) is 6.71. The first-order chi connectivity index (χ1) is 10.1. The van der Waals surface area contributed by atoms with Gasteiger partial charge < -0.3 is 9.63 Å². The predicted molar refractivity (Wildman–Crippen MR) is 82.8 cm³/mol. The molecule has 4 aliphatic carbocycles. The van der Waals surface area contributed by atoms with Crippen LogP contribution < -0.4 is 5.30 Å². The Hall–Kier alpha value is -0.630. The standard InChI is InChI=1S/C17H23O3P/c18-12-21(19,16-4-2-1-3-5-16)20-17-9-13-6-14(10-17)8-15(7-13)11-17/h1-5,13-15,18H,6-12H2/t13?,14?,15?,17?,21-/m0/s1. The minimum absolute atomic E-state index is 0.233. The SMILES string of the molecule is O=[P@@](CO)(OC12CC3CC(CC(C3)C1)C2)c1ccccc1. The maximum Gasteiger partial charge on any atom is 0.257 e. The molecular formula is C17H23O3P. The van der Waals surface area contributed by atoms with Crippen molar-refractivity contribution in [2.45, 2.75) is 44.1 Å². The molecular weight excluding hydrogens is 283 g/mol. The Balaban J connectivity index is 1.63. The summed E-state index contributed by atoms with van der Waals surface area (Å²) < 4.78 is 19.5. The molecule has 4 aliphatic rings. The van der Waals surface area contributed by atoms with Gasteiger partial charge in [-0.2, -0.15) is 0 Å². The van der Waals surface area contributed by atoms with Gasteiger partial charge in [0.05, 0.1) is 5.60 Å². The molecule has 3 nitrogen and oxygen atoms in total. The number of hydrogen-bond acceptors (Lipinski definition) is 3. The van der Waals surface area contributed by atoms with Crippen LogP contribution >= 0.6 is 7.37 Å². The van der Waals surface area contributed by atoms with Gasteiger partial charge in [-0.1, -0.05) is 18.2 Å². The number of aliphatic hydroxyl groups excluding tert-OH is 1. The Labute approximate surface area is 126 Å². The van der Waals surface area contributed by atoms with Crippen molar-refractivity contribution in [3.05, 3.63) is 30.3 Å². The van der Waals surface area contributed by atoms with Gasteiger partial charge >= 0.3 is 0 Å². The van der Waals surface area contributed by atoms with Gasteiger partial charge in [0, 0.05) is 5.30 Å². The van der Waals surface area contributed by atoms with E-state index in [9.17, 15) is 9.67 Å². The van der Waals surface area contributed by atoms with E-state index in [-0.39, 0.29) is 5.60 Å². The predicted octanol–water partition coefficient (Wildman–Crippen LogP) is 3.53. The lowest BCUT2D eigenvalue weighted by Gasteiger charge is -2.56. The molecule has 1 atom stereocenters. The van der Waals surface area contributed by atoms with Crippen LogP contribution in [0.3, 0.4) is 0 Å². The van der Waals surface area contributed by atoms with Crippen molar-refractivity contribution < 1.29 is 14.2 Å². The molecule has 21 heavy (non-hydrogen) atoms. The van der Waals surface area contributed by atoms with Gasteiger partial charge in [0.2, 0.25) is 0 Å².